The Kier molecular flexibility index (Phi) is 6.06. The van der Waals surface area contributed by atoms with Gasteiger partial charge in [0.25, 0.3) is 11.8 Å². The van der Waals surface area contributed by atoms with E-state index in [4.69, 9.17) is 25.5 Å². The minimum absolute atomic E-state index is 0.316. The Morgan fingerprint density at radius 2 is 1.77 bits per heavy atom. The second-order valence-corrected chi connectivity index (χ2v) is 7.98. The van der Waals surface area contributed by atoms with Crippen LogP contribution in [0.3, 0.4) is 0 Å². The van der Waals surface area contributed by atoms with E-state index in [1.807, 2.05) is 6.07 Å². The minimum Gasteiger partial charge on any atom is -0.497 e. The topological polar surface area (TPSA) is 69.0 Å². The largest absolute Gasteiger partial charge is 0.497 e. The first kappa shape index (κ1) is 21.1. The van der Waals surface area contributed by atoms with Gasteiger partial charge in [-0.3, -0.25) is 9.59 Å². The van der Waals surface area contributed by atoms with Crippen LogP contribution in [0.2, 0.25) is 5.02 Å². The number of ether oxygens (including phenoxy) is 2. The average molecular weight is 456 g/mol. The third kappa shape index (κ3) is 4.06. The normalized spacial score (nSPS) is 13.8. The molecule has 0 N–H and O–H groups in total. The number of hydrogen-bond donors (Lipinski definition) is 0. The molecule has 0 fully saturated rings. The number of methoxy groups -OCH3 is 2. The number of amides is 2. The van der Waals surface area contributed by atoms with Gasteiger partial charge in [-0.05, 0) is 42.0 Å². The predicted molar refractivity (Wildman–Crippen MR) is 120 cm³/mol. The first-order valence-corrected chi connectivity index (χ1v) is 10.7. The van der Waals surface area contributed by atoms with Crippen LogP contribution >= 0.6 is 23.4 Å². The highest BCUT2D eigenvalue weighted by Gasteiger charge is 2.41. The molecule has 6 nitrogen and oxygen atoms in total. The van der Waals surface area contributed by atoms with Gasteiger partial charge < -0.3 is 13.9 Å². The van der Waals surface area contributed by atoms with Crippen molar-refractivity contribution in [2.45, 2.75) is 5.75 Å². The van der Waals surface area contributed by atoms with Crippen LogP contribution in [0.25, 0.3) is 5.57 Å². The maximum absolute atomic E-state index is 13.5. The maximum Gasteiger partial charge on any atom is 0.272 e. The molecule has 2 aromatic carbocycles. The third-order valence-corrected chi connectivity index (χ3v) is 6.09. The summed E-state index contributed by atoms with van der Waals surface area (Å²) in [4.78, 5) is 28.4. The van der Waals surface area contributed by atoms with E-state index >= 15 is 0 Å². The summed E-state index contributed by atoms with van der Waals surface area (Å²) in [6, 6.07) is 15.4. The van der Waals surface area contributed by atoms with Gasteiger partial charge in [-0.15, -0.1) is 11.8 Å². The van der Waals surface area contributed by atoms with Crippen molar-refractivity contribution in [3.05, 3.63) is 82.1 Å². The lowest BCUT2D eigenvalue weighted by Gasteiger charge is -2.19. The summed E-state index contributed by atoms with van der Waals surface area (Å²) in [5.74, 6) is 1.17. The van der Waals surface area contributed by atoms with Crippen molar-refractivity contribution in [3.63, 3.8) is 0 Å². The molecule has 0 atom stereocenters. The molecule has 8 heteroatoms. The molecule has 1 aliphatic rings. The molecule has 1 aromatic heterocycles. The van der Waals surface area contributed by atoms with Gasteiger partial charge in [-0.25, -0.2) is 4.90 Å². The molecule has 1 aliphatic heterocycles. The summed E-state index contributed by atoms with van der Waals surface area (Å²) in [6.07, 6.45) is 1.57. The van der Waals surface area contributed by atoms with E-state index in [1.165, 1.54) is 26.0 Å². The number of rotatable bonds is 7. The Bertz CT molecular complexity index is 1160. The lowest BCUT2D eigenvalue weighted by molar-refractivity contribution is -0.119. The molecule has 2 amide bonds. The smallest absolute Gasteiger partial charge is 0.272 e. The zero-order chi connectivity index (χ0) is 22.0. The van der Waals surface area contributed by atoms with Gasteiger partial charge in [0.05, 0.1) is 42.4 Å². The van der Waals surface area contributed by atoms with E-state index in [1.54, 1.807) is 54.8 Å². The van der Waals surface area contributed by atoms with Crippen LogP contribution in [0.15, 0.2) is 70.2 Å². The SMILES string of the molecule is COc1ccc(N2C(=O)C(SCc3ccco3)=C(c3ccc(Cl)cc3)C2=O)c(OC)c1. The van der Waals surface area contributed by atoms with Crippen LogP contribution in [0.4, 0.5) is 5.69 Å². The van der Waals surface area contributed by atoms with Crippen LogP contribution in [-0.2, 0) is 15.3 Å². The first-order valence-electron chi connectivity index (χ1n) is 9.29. The Morgan fingerprint density at radius 1 is 1.00 bits per heavy atom. The molecule has 0 unspecified atom stereocenters. The van der Waals surface area contributed by atoms with E-state index in [0.717, 1.165) is 4.90 Å². The molecular formula is C23H18ClNO5S. The number of halogens is 1. The van der Waals surface area contributed by atoms with E-state index in [0.29, 0.717) is 49.8 Å². The Balaban J connectivity index is 1.77. The minimum atomic E-state index is -0.433. The molecule has 0 saturated heterocycles. The van der Waals surface area contributed by atoms with E-state index in [2.05, 4.69) is 0 Å². The molecule has 0 bridgehead atoms. The highest BCUT2D eigenvalue weighted by molar-refractivity contribution is 8.03. The van der Waals surface area contributed by atoms with E-state index in [-0.39, 0.29) is 0 Å². The van der Waals surface area contributed by atoms with Crippen molar-refractivity contribution in [1.29, 1.82) is 0 Å². The summed E-state index contributed by atoms with van der Waals surface area (Å²) >= 11 is 7.27. The lowest BCUT2D eigenvalue weighted by Crippen LogP contribution is -2.31. The van der Waals surface area contributed by atoms with Crippen LogP contribution in [0.5, 0.6) is 11.5 Å². The highest BCUT2D eigenvalue weighted by Crippen LogP contribution is 2.43. The monoisotopic (exact) mass is 455 g/mol. The third-order valence-electron chi connectivity index (χ3n) is 4.74. The van der Waals surface area contributed by atoms with Crippen LogP contribution in [0.1, 0.15) is 11.3 Å². The first-order chi connectivity index (χ1) is 15.0. The summed E-state index contributed by atoms with van der Waals surface area (Å²) in [5, 5.41) is 0.541. The molecular weight excluding hydrogens is 438 g/mol. The summed E-state index contributed by atoms with van der Waals surface area (Å²) in [6.45, 7) is 0. The zero-order valence-corrected chi connectivity index (χ0v) is 18.3. The van der Waals surface area contributed by atoms with Crippen molar-refractivity contribution in [1.82, 2.24) is 0 Å². The van der Waals surface area contributed by atoms with E-state index in [9.17, 15) is 9.59 Å². The van der Waals surface area contributed by atoms with E-state index < -0.39 is 11.8 Å². The number of hydrogen-bond acceptors (Lipinski definition) is 6. The van der Waals surface area contributed by atoms with Gasteiger partial charge >= 0.3 is 0 Å². The molecule has 4 rings (SSSR count). The van der Waals surface area contributed by atoms with Gasteiger partial charge in [-0.1, -0.05) is 23.7 Å². The lowest BCUT2D eigenvalue weighted by atomic mass is 10.1. The molecule has 3 aromatic rings. The molecule has 0 saturated carbocycles. The Labute approximate surface area is 188 Å². The van der Waals surface area contributed by atoms with Crippen LogP contribution in [0, 0.1) is 0 Å². The van der Waals surface area contributed by atoms with Crippen LogP contribution in [-0.4, -0.2) is 26.0 Å². The number of carbonyl (C=O) groups is 2. The Morgan fingerprint density at radius 3 is 2.42 bits per heavy atom. The number of benzene rings is 2. The molecule has 31 heavy (non-hydrogen) atoms. The number of carbonyl (C=O) groups excluding carboxylic acids is 2. The van der Waals surface area contributed by atoms with Crippen molar-refractivity contribution in [2.75, 3.05) is 19.1 Å². The Hall–Kier alpha value is -3.16. The van der Waals surface area contributed by atoms with Gasteiger partial charge in [0.2, 0.25) is 0 Å². The van der Waals surface area contributed by atoms with Crippen molar-refractivity contribution in [3.8, 4) is 11.5 Å². The number of furan rings is 1. The standard InChI is InChI=1S/C23H18ClNO5S/c1-28-16-9-10-18(19(12-16)29-2)25-22(26)20(14-5-7-15(24)8-6-14)21(23(25)27)31-13-17-4-3-11-30-17/h3-12H,13H2,1-2H3. The second-order valence-electron chi connectivity index (χ2n) is 6.56. The molecule has 0 radical (unpaired) electrons. The number of anilines is 1. The van der Waals surface area contributed by atoms with Crippen molar-refractivity contribution < 1.29 is 23.5 Å². The summed E-state index contributed by atoms with van der Waals surface area (Å²) in [7, 11) is 3.01. The second kappa shape index (κ2) is 8.91. The van der Waals surface area contributed by atoms with Gasteiger partial charge in [-0.2, -0.15) is 0 Å². The quantitative estimate of drug-likeness (QED) is 0.458. The summed E-state index contributed by atoms with van der Waals surface area (Å²) < 4.78 is 16.0. The van der Waals surface area contributed by atoms with Gasteiger partial charge in [0.15, 0.2) is 0 Å². The fourth-order valence-electron chi connectivity index (χ4n) is 3.24. The number of imide groups is 1. The van der Waals surface area contributed by atoms with Gasteiger partial charge in [0.1, 0.15) is 17.3 Å². The molecule has 2 heterocycles. The predicted octanol–water partition coefficient (Wildman–Crippen LogP) is 5.17. The van der Waals surface area contributed by atoms with Crippen molar-refractivity contribution >= 4 is 46.4 Å². The maximum atomic E-state index is 13.5. The fourth-order valence-corrected chi connectivity index (χ4v) is 4.38. The molecule has 0 aliphatic carbocycles. The number of thioether (sulfide) groups is 1. The van der Waals surface area contributed by atoms with Crippen molar-refractivity contribution in [2.24, 2.45) is 0 Å². The molecule has 158 valence electrons. The summed E-state index contributed by atoms with van der Waals surface area (Å²) in [5.41, 5.74) is 1.27. The zero-order valence-electron chi connectivity index (χ0n) is 16.8. The average Bonchev–Trinajstić information content (AvgIpc) is 3.38. The van der Waals surface area contributed by atoms with Crippen LogP contribution < -0.4 is 14.4 Å². The fraction of sp³-hybridized carbons (Fsp3) is 0.130. The number of nitrogens with zero attached hydrogens (tertiary/aromatic N) is 1. The van der Waals surface area contributed by atoms with Gasteiger partial charge in [0, 0.05) is 11.1 Å². The molecule has 0 spiro atoms. The highest BCUT2D eigenvalue weighted by atomic mass is 35.5.